The van der Waals surface area contributed by atoms with E-state index in [-0.39, 0.29) is 5.91 Å². The zero-order valence-electron chi connectivity index (χ0n) is 10.4. The zero-order valence-corrected chi connectivity index (χ0v) is 12.5. The van der Waals surface area contributed by atoms with Gasteiger partial charge in [0.2, 0.25) is 0 Å². The number of likely N-dealkylation sites (N-methyl/N-ethyl adjacent to an activating group) is 1. The Kier molecular flexibility index (Phi) is 6.50. The van der Waals surface area contributed by atoms with Gasteiger partial charge in [0.05, 0.1) is 0 Å². The molecule has 1 aromatic carbocycles. The maximum atomic E-state index is 11.8. The number of amides is 1. The van der Waals surface area contributed by atoms with Crippen LogP contribution in [0.5, 0.6) is 0 Å². The number of hydrogen-bond donors (Lipinski definition) is 1. The SMILES string of the molecule is CCN(CC)CCNC(=O)c1ccc([125I])cc1. The molecular formula is C13H19IN2O. The van der Waals surface area contributed by atoms with Gasteiger partial charge in [0, 0.05) is 22.2 Å². The third-order valence-corrected chi connectivity index (χ3v) is 3.43. The van der Waals surface area contributed by atoms with Crippen molar-refractivity contribution in [2.45, 2.75) is 13.8 Å². The lowest BCUT2D eigenvalue weighted by molar-refractivity contribution is 0.0949. The Labute approximate surface area is 117 Å². The summed E-state index contributed by atoms with van der Waals surface area (Å²) in [5.74, 6) is 0.00792. The van der Waals surface area contributed by atoms with Crippen LogP contribution in [0.1, 0.15) is 24.2 Å². The van der Waals surface area contributed by atoms with Gasteiger partial charge in [-0.25, -0.2) is 0 Å². The fourth-order valence-corrected chi connectivity index (χ4v) is 1.93. The summed E-state index contributed by atoms with van der Waals surface area (Å²) in [6.07, 6.45) is 0. The van der Waals surface area contributed by atoms with Crippen LogP contribution in [-0.4, -0.2) is 37.0 Å². The van der Waals surface area contributed by atoms with Gasteiger partial charge in [-0.1, -0.05) is 13.8 Å². The van der Waals surface area contributed by atoms with Crippen LogP contribution in [0.25, 0.3) is 0 Å². The summed E-state index contributed by atoms with van der Waals surface area (Å²) in [6, 6.07) is 7.60. The maximum Gasteiger partial charge on any atom is 0.251 e. The van der Waals surface area contributed by atoms with Crippen molar-refractivity contribution in [3.05, 3.63) is 33.4 Å². The van der Waals surface area contributed by atoms with Crippen molar-refractivity contribution in [1.29, 1.82) is 0 Å². The van der Waals surface area contributed by atoms with Crippen LogP contribution in [0.15, 0.2) is 24.3 Å². The number of halogens is 1. The van der Waals surface area contributed by atoms with Crippen molar-refractivity contribution < 1.29 is 4.79 Å². The van der Waals surface area contributed by atoms with Crippen molar-refractivity contribution in [2.24, 2.45) is 0 Å². The Bertz CT molecular complexity index is 347. The standard InChI is InChI=1S/C13H19IN2O/c1-3-16(4-2)10-9-15-13(17)11-5-7-12(14)8-6-11/h5-8H,3-4,9-10H2,1-2H3,(H,15,17)/i14-2. The molecule has 0 spiro atoms. The predicted molar refractivity (Wildman–Crippen MR) is 79.3 cm³/mol. The minimum Gasteiger partial charge on any atom is -0.351 e. The number of benzene rings is 1. The molecule has 1 rings (SSSR count). The molecule has 1 amide bonds. The molecule has 0 aliphatic carbocycles. The molecule has 0 saturated heterocycles. The Morgan fingerprint density at radius 1 is 1.24 bits per heavy atom. The molecule has 0 saturated carbocycles. The molecular weight excluding hydrogens is 325 g/mol. The summed E-state index contributed by atoms with van der Waals surface area (Å²) in [4.78, 5) is 14.1. The topological polar surface area (TPSA) is 32.3 Å². The van der Waals surface area contributed by atoms with E-state index in [4.69, 9.17) is 0 Å². The van der Waals surface area contributed by atoms with Gasteiger partial charge in [-0.05, 0) is 59.9 Å². The zero-order chi connectivity index (χ0) is 12.7. The highest BCUT2D eigenvalue weighted by Gasteiger charge is 2.05. The monoisotopic (exact) mass is 344 g/mol. The third-order valence-electron chi connectivity index (χ3n) is 2.71. The Morgan fingerprint density at radius 3 is 2.35 bits per heavy atom. The van der Waals surface area contributed by atoms with E-state index in [2.05, 4.69) is 46.7 Å². The van der Waals surface area contributed by atoms with Crippen LogP contribution >= 0.6 is 22.6 Å². The molecule has 1 N–H and O–H groups in total. The highest BCUT2D eigenvalue weighted by Crippen LogP contribution is 2.06. The van der Waals surface area contributed by atoms with Gasteiger partial charge in [-0.15, -0.1) is 0 Å². The number of hydrogen-bond acceptors (Lipinski definition) is 2. The van der Waals surface area contributed by atoms with Crippen LogP contribution in [0.4, 0.5) is 0 Å². The van der Waals surface area contributed by atoms with Gasteiger partial charge < -0.3 is 10.2 Å². The highest BCUT2D eigenvalue weighted by atomic mass is 125. The molecule has 0 fully saturated rings. The minimum absolute atomic E-state index is 0.00792. The molecule has 0 aliphatic rings. The Hall–Kier alpha value is -0.620. The van der Waals surface area contributed by atoms with E-state index in [9.17, 15) is 4.79 Å². The van der Waals surface area contributed by atoms with E-state index in [0.717, 1.165) is 28.8 Å². The predicted octanol–water partition coefficient (Wildman–Crippen LogP) is 2.36. The van der Waals surface area contributed by atoms with Crippen LogP contribution in [0.3, 0.4) is 0 Å². The van der Waals surface area contributed by atoms with Crippen LogP contribution in [0, 0.1) is 3.57 Å². The van der Waals surface area contributed by atoms with E-state index < -0.39 is 0 Å². The van der Waals surface area contributed by atoms with Crippen molar-refractivity contribution in [3.8, 4) is 0 Å². The average Bonchev–Trinajstić information content (AvgIpc) is 2.35. The lowest BCUT2D eigenvalue weighted by Crippen LogP contribution is -2.34. The van der Waals surface area contributed by atoms with E-state index in [0.29, 0.717) is 6.54 Å². The number of carbonyl (C=O) groups excluding carboxylic acids is 1. The summed E-state index contributed by atoms with van der Waals surface area (Å²) < 4.78 is 1.14. The molecule has 1 aromatic rings. The second-order valence-corrected chi connectivity index (χ2v) is 5.04. The third kappa shape index (κ3) is 5.04. The first-order valence-electron chi connectivity index (χ1n) is 5.93. The first-order chi connectivity index (χ1) is 8.17. The van der Waals surface area contributed by atoms with Gasteiger partial charge in [0.25, 0.3) is 5.91 Å². The lowest BCUT2D eigenvalue weighted by Gasteiger charge is -2.17. The molecule has 0 aromatic heterocycles. The first kappa shape index (κ1) is 14.4. The van der Waals surface area contributed by atoms with E-state index in [1.165, 1.54) is 0 Å². The summed E-state index contributed by atoms with van der Waals surface area (Å²) in [7, 11) is 0. The molecule has 0 atom stereocenters. The number of nitrogens with one attached hydrogen (secondary N) is 1. The number of rotatable bonds is 6. The second kappa shape index (κ2) is 7.66. The Morgan fingerprint density at radius 2 is 1.82 bits per heavy atom. The molecule has 0 heterocycles. The molecule has 0 aliphatic heterocycles. The van der Waals surface area contributed by atoms with Crippen molar-refractivity contribution >= 4 is 28.5 Å². The summed E-state index contributed by atoms with van der Waals surface area (Å²) in [5, 5.41) is 2.93. The maximum absolute atomic E-state index is 11.8. The molecule has 4 heteroatoms. The largest absolute Gasteiger partial charge is 0.351 e. The van der Waals surface area contributed by atoms with Gasteiger partial charge >= 0.3 is 0 Å². The van der Waals surface area contributed by atoms with Gasteiger partial charge in [0.1, 0.15) is 0 Å². The van der Waals surface area contributed by atoms with Gasteiger partial charge in [-0.3, -0.25) is 4.79 Å². The van der Waals surface area contributed by atoms with Crippen LogP contribution < -0.4 is 5.32 Å². The minimum atomic E-state index is 0.00792. The van der Waals surface area contributed by atoms with Crippen molar-refractivity contribution in [1.82, 2.24) is 10.2 Å². The van der Waals surface area contributed by atoms with E-state index >= 15 is 0 Å². The van der Waals surface area contributed by atoms with E-state index in [1.807, 2.05) is 24.3 Å². The summed E-state index contributed by atoms with van der Waals surface area (Å²) >= 11 is 2.23. The molecule has 0 radical (unpaired) electrons. The molecule has 94 valence electrons. The van der Waals surface area contributed by atoms with Gasteiger partial charge in [0.15, 0.2) is 0 Å². The average molecular weight is 344 g/mol. The van der Waals surface area contributed by atoms with Gasteiger partial charge in [-0.2, -0.15) is 0 Å². The second-order valence-electron chi connectivity index (χ2n) is 3.79. The van der Waals surface area contributed by atoms with E-state index in [1.54, 1.807) is 0 Å². The smallest absolute Gasteiger partial charge is 0.251 e. The quantitative estimate of drug-likeness (QED) is 0.804. The van der Waals surface area contributed by atoms with Crippen LogP contribution in [0.2, 0.25) is 0 Å². The fraction of sp³-hybridized carbons (Fsp3) is 0.462. The molecule has 0 bridgehead atoms. The Balaban J connectivity index is 2.37. The van der Waals surface area contributed by atoms with Crippen molar-refractivity contribution in [3.63, 3.8) is 0 Å². The fourth-order valence-electron chi connectivity index (χ4n) is 1.57. The molecule has 17 heavy (non-hydrogen) atoms. The summed E-state index contributed by atoms with van der Waals surface area (Å²) in [5.41, 5.74) is 0.727. The molecule has 3 nitrogen and oxygen atoms in total. The lowest BCUT2D eigenvalue weighted by atomic mass is 10.2. The number of carbonyl (C=O) groups is 1. The highest BCUT2D eigenvalue weighted by molar-refractivity contribution is 14.1. The first-order valence-corrected chi connectivity index (χ1v) is 7.01. The number of nitrogens with zero attached hydrogens (tertiary/aromatic N) is 1. The summed E-state index contributed by atoms with van der Waals surface area (Å²) in [6.45, 7) is 7.91. The van der Waals surface area contributed by atoms with Crippen molar-refractivity contribution in [2.75, 3.05) is 26.2 Å². The van der Waals surface area contributed by atoms with Crippen LogP contribution in [-0.2, 0) is 0 Å². The normalized spacial score (nSPS) is 10.6. The molecule has 0 unspecified atom stereocenters.